The van der Waals surface area contributed by atoms with Crippen molar-refractivity contribution in [1.29, 1.82) is 0 Å². The maximum Gasteiger partial charge on any atom is 0.396 e. The van der Waals surface area contributed by atoms with Gasteiger partial charge in [0.25, 0.3) is 0 Å². The molecule has 0 saturated heterocycles. The van der Waals surface area contributed by atoms with E-state index in [-0.39, 0.29) is 0 Å². The Kier molecular flexibility index (Phi) is 7.01. The van der Waals surface area contributed by atoms with Crippen LogP contribution in [0.2, 0.25) is 6.04 Å². The maximum atomic E-state index is 5.39. The van der Waals surface area contributed by atoms with Crippen LogP contribution in [0, 0.1) is 0 Å². The van der Waals surface area contributed by atoms with Gasteiger partial charge in [-0.2, -0.15) is 12.6 Å². The molecular weight excluding hydrogens is 208 g/mol. The van der Waals surface area contributed by atoms with Crippen LogP contribution in [-0.4, -0.2) is 48.7 Å². The van der Waals surface area contributed by atoms with Crippen molar-refractivity contribution in [3.8, 4) is 0 Å². The summed E-state index contributed by atoms with van der Waals surface area (Å²) < 4.78 is 21.1. The van der Waals surface area contributed by atoms with Gasteiger partial charge in [0.15, 0.2) is 5.91 Å². The van der Waals surface area contributed by atoms with Crippen LogP contribution in [-0.2, 0) is 18.3 Å². The molecule has 0 bridgehead atoms. The lowest BCUT2D eigenvalue weighted by atomic mass is 11.0. The van der Waals surface area contributed by atoms with Crippen molar-refractivity contribution in [2.24, 2.45) is 0 Å². The van der Waals surface area contributed by atoms with Gasteiger partial charge in [0.2, 0.25) is 0 Å². The summed E-state index contributed by atoms with van der Waals surface area (Å²) in [6.45, 7) is 0. The molecule has 0 unspecified atom stereocenters. The second-order valence-corrected chi connectivity index (χ2v) is 6.36. The summed E-state index contributed by atoms with van der Waals surface area (Å²) in [5, 5.41) is 0. The van der Waals surface area contributed by atoms with Crippen molar-refractivity contribution in [2.75, 3.05) is 34.2 Å². The normalized spacial score (nSPS) is 12.5. The summed E-state index contributed by atoms with van der Waals surface area (Å²) in [5.74, 6) is 0.284. The van der Waals surface area contributed by atoms with E-state index >= 15 is 0 Å². The highest BCUT2D eigenvalue weighted by molar-refractivity contribution is 7.80. The first kappa shape index (κ1) is 13.4. The van der Waals surface area contributed by atoms with E-state index in [0.717, 1.165) is 6.04 Å². The van der Waals surface area contributed by atoms with Gasteiger partial charge in [-0.3, -0.25) is 0 Å². The van der Waals surface area contributed by atoms with Crippen LogP contribution in [0.15, 0.2) is 0 Å². The van der Waals surface area contributed by atoms with Gasteiger partial charge in [0, 0.05) is 34.5 Å². The summed E-state index contributed by atoms with van der Waals surface area (Å²) in [6, 6.07) is 0.732. The summed E-state index contributed by atoms with van der Waals surface area (Å²) in [7, 11) is 3.99. The minimum atomic E-state index is -2.39. The van der Waals surface area contributed by atoms with E-state index in [0.29, 0.717) is 5.75 Å². The Hall–Kier alpha value is 0.407. The molecule has 0 saturated carbocycles. The molecule has 0 aromatic carbocycles. The fraction of sp³-hybridized carbons (Fsp3) is 1.00. The first-order chi connectivity index (χ1) is 6.20. The molecule has 0 heterocycles. The lowest BCUT2D eigenvalue weighted by molar-refractivity contribution is -0.0773. The third-order valence-electron chi connectivity index (χ3n) is 1.94. The molecule has 0 N–H and O–H groups in total. The molecule has 6 heteroatoms. The molecule has 80 valence electrons. The van der Waals surface area contributed by atoms with Gasteiger partial charge in [-0.25, -0.2) is 0 Å². The zero-order valence-corrected chi connectivity index (χ0v) is 10.5. The Labute approximate surface area is 86.2 Å². The minimum Gasteiger partial charge on any atom is -0.395 e. The summed E-state index contributed by atoms with van der Waals surface area (Å²) >= 11 is 4.16. The van der Waals surface area contributed by atoms with E-state index in [2.05, 4.69) is 12.6 Å². The molecule has 0 aliphatic carbocycles. The quantitative estimate of drug-likeness (QED) is 0.396. The molecular formula is C7H18O4SSi. The van der Waals surface area contributed by atoms with Crippen LogP contribution >= 0.6 is 12.6 Å². The van der Waals surface area contributed by atoms with Gasteiger partial charge in [0.05, 0.1) is 0 Å². The summed E-state index contributed by atoms with van der Waals surface area (Å²) in [4.78, 5) is 0. The number of rotatable bonds is 7. The Balaban J connectivity index is 4.50. The Morgan fingerprint density at radius 3 is 1.77 bits per heavy atom. The molecule has 0 atom stereocenters. The highest BCUT2D eigenvalue weighted by Crippen LogP contribution is 2.19. The zero-order valence-electron chi connectivity index (χ0n) is 8.57. The van der Waals surface area contributed by atoms with E-state index in [4.69, 9.17) is 18.3 Å². The molecule has 0 amide bonds. The third kappa shape index (κ3) is 3.23. The highest BCUT2D eigenvalue weighted by Gasteiger charge is 2.45. The molecule has 0 aliphatic rings. The third-order valence-corrected chi connectivity index (χ3v) is 6.10. The second kappa shape index (κ2) is 6.80. The molecule has 0 rings (SSSR count). The first-order valence-electron chi connectivity index (χ1n) is 3.97. The smallest absolute Gasteiger partial charge is 0.395 e. The number of ether oxygens (including phenoxy) is 2. The van der Waals surface area contributed by atoms with Crippen LogP contribution in [0.1, 0.15) is 0 Å². The molecule has 4 nitrogen and oxygen atoms in total. The number of hydrogen-bond donors (Lipinski definition) is 1. The van der Waals surface area contributed by atoms with E-state index in [9.17, 15) is 0 Å². The fourth-order valence-electron chi connectivity index (χ4n) is 1.21. The topological polar surface area (TPSA) is 36.9 Å². The van der Waals surface area contributed by atoms with Crippen LogP contribution in [0.3, 0.4) is 0 Å². The standard InChI is InChI=1S/C7H18O4SSi/c1-8-7(9-2)13(10-3,11-4)6-5-12/h7,12H,5-6H2,1-4H3. The van der Waals surface area contributed by atoms with Crippen molar-refractivity contribution in [3.63, 3.8) is 0 Å². The van der Waals surface area contributed by atoms with Gasteiger partial charge in [-0.1, -0.05) is 0 Å². The average Bonchev–Trinajstić information content (AvgIpc) is 2.18. The fourth-order valence-corrected chi connectivity index (χ4v) is 4.37. The van der Waals surface area contributed by atoms with Crippen molar-refractivity contribution in [2.45, 2.75) is 12.0 Å². The van der Waals surface area contributed by atoms with Crippen LogP contribution in [0.25, 0.3) is 0 Å². The van der Waals surface area contributed by atoms with Gasteiger partial charge < -0.3 is 18.3 Å². The molecule has 0 radical (unpaired) electrons. The molecule has 0 aromatic heterocycles. The van der Waals surface area contributed by atoms with Gasteiger partial charge in [-0.05, 0) is 5.75 Å². The maximum absolute atomic E-state index is 5.39. The SMILES string of the molecule is COC(OC)[Si](CCS)(OC)OC. The first-order valence-corrected chi connectivity index (χ1v) is 6.70. The van der Waals surface area contributed by atoms with Crippen molar-refractivity contribution >= 4 is 21.2 Å². The number of hydrogen-bond acceptors (Lipinski definition) is 5. The van der Waals surface area contributed by atoms with E-state index < -0.39 is 14.5 Å². The van der Waals surface area contributed by atoms with Crippen molar-refractivity contribution in [1.82, 2.24) is 0 Å². The second-order valence-electron chi connectivity index (χ2n) is 2.50. The van der Waals surface area contributed by atoms with Gasteiger partial charge in [0.1, 0.15) is 0 Å². The van der Waals surface area contributed by atoms with E-state index in [1.807, 2.05) is 0 Å². The monoisotopic (exact) mass is 226 g/mol. The molecule has 0 aromatic rings. The molecule has 0 fully saturated rings. The largest absolute Gasteiger partial charge is 0.396 e. The lowest BCUT2D eigenvalue weighted by Gasteiger charge is -2.32. The summed E-state index contributed by atoms with van der Waals surface area (Å²) in [6.07, 6.45) is 0. The molecule has 0 spiro atoms. The van der Waals surface area contributed by atoms with Gasteiger partial charge in [-0.15, -0.1) is 0 Å². The Bertz CT molecular complexity index is 128. The number of methoxy groups -OCH3 is 2. The molecule has 0 aliphatic heterocycles. The Morgan fingerprint density at radius 1 is 1.08 bits per heavy atom. The van der Waals surface area contributed by atoms with Crippen LogP contribution in [0.4, 0.5) is 0 Å². The number of thiol groups is 1. The summed E-state index contributed by atoms with van der Waals surface area (Å²) in [5.41, 5.74) is 0. The van der Waals surface area contributed by atoms with E-state index in [1.54, 1.807) is 28.4 Å². The van der Waals surface area contributed by atoms with Gasteiger partial charge >= 0.3 is 8.56 Å². The molecule has 13 heavy (non-hydrogen) atoms. The predicted molar refractivity (Wildman–Crippen MR) is 56.2 cm³/mol. The Morgan fingerprint density at radius 2 is 1.54 bits per heavy atom. The van der Waals surface area contributed by atoms with Crippen molar-refractivity contribution in [3.05, 3.63) is 0 Å². The van der Waals surface area contributed by atoms with E-state index in [1.165, 1.54) is 0 Å². The average molecular weight is 226 g/mol. The van der Waals surface area contributed by atoms with Crippen LogP contribution < -0.4 is 0 Å². The van der Waals surface area contributed by atoms with Crippen molar-refractivity contribution < 1.29 is 18.3 Å². The highest BCUT2D eigenvalue weighted by atomic mass is 32.1. The predicted octanol–water partition coefficient (Wildman–Crippen LogP) is 0.809. The minimum absolute atomic E-state index is 0.408. The lowest BCUT2D eigenvalue weighted by Crippen LogP contribution is -2.54. The zero-order chi connectivity index (χ0) is 10.3. The van der Waals surface area contributed by atoms with Crippen LogP contribution in [0.5, 0.6) is 0 Å².